The average Bonchev–Trinajstić information content (AvgIpc) is 2.94. The molecule has 0 heterocycles. The maximum absolute atomic E-state index is 14.0. The highest BCUT2D eigenvalue weighted by molar-refractivity contribution is 6.04. The van der Waals surface area contributed by atoms with E-state index in [9.17, 15) is 9.59 Å². The fourth-order valence-corrected chi connectivity index (χ4v) is 11.8. The summed E-state index contributed by atoms with van der Waals surface area (Å²) >= 11 is 0. The monoisotopic (exact) mass is 556 g/mol. The van der Waals surface area contributed by atoms with Gasteiger partial charge < -0.3 is 4.74 Å². The van der Waals surface area contributed by atoms with Gasteiger partial charge in [0, 0.05) is 5.41 Å². The molecule has 0 amide bonds. The van der Waals surface area contributed by atoms with Gasteiger partial charge in [-0.2, -0.15) is 0 Å². The lowest BCUT2D eigenvalue weighted by atomic mass is 9.33. The van der Waals surface area contributed by atoms with Crippen molar-refractivity contribution in [1.82, 2.24) is 0 Å². The number of esters is 1. The van der Waals surface area contributed by atoms with E-state index < -0.39 is 0 Å². The largest absolute Gasteiger partial charge is 0.469 e. The van der Waals surface area contributed by atoms with Crippen LogP contribution in [-0.4, -0.2) is 18.9 Å². The second-order valence-corrected chi connectivity index (χ2v) is 16.1. The van der Waals surface area contributed by atoms with Crippen LogP contribution < -0.4 is 0 Å². The molecule has 1 aromatic carbocycles. The fourth-order valence-electron chi connectivity index (χ4n) is 11.8. The molecule has 4 saturated carbocycles. The number of carbonyl (C=O) groups excluding carboxylic acids is 2. The zero-order chi connectivity index (χ0) is 29.6. The van der Waals surface area contributed by atoms with Crippen LogP contribution in [0.1, 0.15) is 105 Å². The quantitative estimate of drug-likeness (QED) is 0.207. The standard InChI is InChI=1S/C38H52O3/c1-24-16-19-38(33(40)41-8)21-20-36(6)28(31(38)25(24)2)14-15-30-35(5)23-27(22-26-12-10-9-11-13-26)32(39)34(3,4)29(35)17-18-37(30,36)7/h9-14,22,24-25,29-31H,15-21,23H2,1-8H3/b27-22-/t24-,25+,29+,30-,31+,35+,36-,37-,38+/m1/s1. The van der Waals surface area contributed by atoms with E-state index in [4.69, 9.17) is 4.74 Å². The molecule has 0 aliphatic heterocycles. The number of benzene rings is 1. The van der Waals surface area contributed by atoms with Crippen LogP contribution in [0.3, 0.4) is 0 Å². The summed E-state index contributed by atoms with van der Waals surface area (Å²) < 4.78 is 5.55. The maximum Gasteiger partial charge on any atom is 0.312 e. The summed E-state index contributed by atoms with van der Waals surface area (Å²) in [5.74, 6) is 2.57. The highest BCUT2D eigenvalue weighted by Gasteiger charge is 2.70. The molecule has 0 N–H and O–H groups in total. The zero-order valence-electron chi connectivity index (χ0n) is 26.8. The first kappa shape index (κ1) is 28.9. The minimum atomic E-state index is -0.375. The van der Waals surface area contributed by atoms with Crippen LogP contribution in [0.4, 0.5) is 0 Å². The molecule has 0 saturated heterocycles. The second kappa shape index (κ2) is 9.42. The van der Waals surface area contributed by atoms with E-state index in [2.05, 4.69) is 84.9 Å². The molecule has 0 bridgehead atoms. The number of Topliss-reactive ketones (excluding diaryl/α,β-unsaturated/α-hetero) is 1. The zero-order valence-corrected chi connectivity index (χ0v) is 26.8. The summed E-state index contributed by atoms with van der Waals surface area (Å²) in [5.41, 5.74) is 3.16. The number of hydrogen-bond donors (Lipinski definition) is 0. The third kappa shape index (κ3) is 3.75. The highest BCUT2D eigenvalue weighted by atomic mass is 16.5. The van der Waals surface area contributed by atoms with Gasteiger partial charge in [-0.25, -0.2) is 0 Å². The van der Waals surface area contributed by atoms with Crippen LogP contribution in [0, 0.1) is 56.7 Å². The molecule has 5 aliphatic carbocycles. The molecule has 0 unspecified atom stereocenters. The average molecular weight is 557 g/mol. The molecular weight excluding hydrogens is 504 g/mol. The van der Waals surface area contributed by atoms with Crippen molar-refractivity contribution in [3.05, 3.63) is 53.1 Å². The first-order chi connectivity index (χ1) is 19.3. The molecule has 5 aliphatic rings. The van der Waals surface area contributed by atoms with Gasteiger partial charge in [0.1, 0.15) is 0 Å². The number of methoxy groups -OCH3 is 1. The van der Waals surface area contributed by atoms with E-state index in [1.165, 1.54) is 0 Å². The molecule has 3 nitrogen and oxygen atoms in total. The SMILES string of the molecule is COC(=O)[C@]12CC[C@@H](C)[C@H](C)[C@H]1C1=CC[C@@H]3[C@@]4(C)C/C(=C/c5ccccc5)C(=O)C(C)(C)[C@@H]4CC[C@@]3(C)[C@]1(C)CC2. The van der Waals surface area contributed by atoms with Crippen molar-refractivity contribution in [1.29, 1.82) is 0 Å². The Morgan fingerprint density at radius 3 is 2.32 bits per heavy atom. The van der Waals surface area contributed by atoms with Gasteiger partial charge >= 0.3 is 5.97 Å². The Hall–Kier alpha value is -2.16. The predicted octanol–water partition coefficient (Wildman–Crippen LogP) is 9.08. The third-order valence-corrected chi connectivity index (χ3v) is 14.3. The number of hydrogen-bond acceptors (Lipinski definition) is 3. The molecule has 4 fully saturated rings. The van der Waals surface area contributed by atoms with Gasteiger partial charge in [0.05, 0.1) is 12.5 Å². The minimum absolute atomic E-state index is 0.0235. The summed E-state index contributed by atoms with van der Waals surface area (Å²) in [6.45, 7) is 16.9. The molecule has 9 atom stereocenters. The Morgan fingerprint density at radius 2 is 1.63 bits per heavy atom. The summed E-state index contributed by atoms with van der Waals surface area (Å²) in [7, 11) is 1.59. The summed E-state index contributed by atoms with van der Waals surface area (Å²) in [4.78, 5) is 27.6. The Bertz CT molecular complexity index is 1300. The van der Waals surface area contributed by atoms with Crippen LogP contribution in [0.5, 0.6) is 0 Å². The topological polar surface area (TPSA) is 43.4 Å². The van der Waals surface area contributed by atoms with Crippen molar-refractivity contribution >= 4 is 17.8 Å². The van der Waals surface area contributed by atoms with Crippen LogP contribution in [0.25, 0.3) is 6.08 Å². The van der Waals surface area contributed by atoms with E-state index in [-0.39, 0.29) is 39.0 Å². The van der Waals surface area contributed by atoms with Gasteiger partial charge in [-0.15, -0.1) is 0 Å². The van der Waals surface area contributed by atoms with E-state index in [0.717, 1.165) is 62.5 Å². The van der Waals surface area contributed by atoms with Crippen molar-refractivity contribution in [3.8, 4) is 0 Å². The normalized spacial score (nSPS) is 46.0. The van der Waals surface area contributed by atoms with Crippen LogP contribution in [0.15, 0.2) is 47.6 Å². The number of allylic oxidation sites excluding steroid dienone is 3. The summed E-state index contributed by atoms with van der Waals surface area (Å²) in [5, 5.41) is 0. The summed E-state index contributed by atoms with van der Waals surface area (Å²) in [6, 6.07) is 10.4. The fraction of sp³-hybridized carbons (Fsp3) is 0.684. The molecule has 0 spiro atoms. The number of carbonyl (C=O) groups is 2. The number of ether oxygens (including phenoxy) is 1. The van der Waals surface area contributed by atoms with Gasteiger partial charge in [0.15, 0.2) is 5.78 Å². The molecule has 1 aromatic rings. The molecule has 41 heavy (non-hydrogen) atoms. The molecule has 3 heteroatoms. The molecule has 0 radical (unpaired) electrons. The lowest BCUT2D eigenvalue weighted by Gasteiger charge is -2.70. The van der Waals surface area contributed by atoms with E-state index in [1.54, 1.807) is 12.7 Å². The molecule has 0 aromatic heterocycles. The van der Waals surface area contributed by atoms with E-state index in [0.29, 0.717) is 29.5 Å². The smallest absolute Gasteiger partial charge is 0.312 e. The first-order valence-corrected chi connectivity index (χ1v) is 16.4. The molecular formula is C38H52O3. The van der Waals surface area contributed by atoms with Gasteiger partial charge in [0.25, 0.3) is 0 Å². The number of rotatable bonds is 2. The third-order valence-electron chi connectivity index (χ3n) is 14.3. The Morgan fingerprint density at radius 1 is 0.927 bits per heavy atom. The number of ketones is 1. The van der Waals surface area contributed by atoms with Crippen molar-refractivity contribution in [2.24, 2.45) is 56.7 Å². The van der Waals surface area contributed by atoms with Crippen molar-refractivity contribution < 1.29 is 14.3 Å². The van der Waals surface area contributed by atoms with Gasteiger partial charge in [0.2, 0.25) is 0 Å². The first-order valence-electron chi connectivity index (χ1n) is 16.4. The maximum atomic E-state index is 14.0. The van der Waals surface area contributed by atoms with E-state index in [1.807, 2.05) is 6.07 Å². The number of fused-ring (bicyclic) bond motifs is 7. The molecule has 6 rings (SSSR count). The van der Waals surface area contributed by atoms with Gasteiger partial charge in [-0.05, 0) is 114 Å². The second-order valence-electron chi connectivity index (χ2n) is 16.1. The van der Waals surface area contributed by atoms with Gasteiger partial charge in [-0.1, -0.05) is 90.4 Å². The molecule has 222 valence electrons. The Balaban J connectivity index is 1.46. The van der Waals surface area contributed by atoms with Crippen molar-refractivity contribution in [2.75, 3.05) is 7.11 Å². The minimum Gasteiger partial charge on any atom is -0.469 e. The van der Waals surface area contributed by atoms with Gasteiger partial charge in [-0.3, -0.25) is 9.59 Å². The Labute approximate surface area is 248 Å². The van der Waals surface area contributed by atoms with Crippen LogP contribution in [0.2, 0.25) is 0 Å². The van der Waals surface area contributed by atoms with Crippen LogP contribution >= 0.6 is 0 Å². The van der Waals surface area contributed by atoms with Crippen molar-refractivity contribution in [3.63, 3.8) is 0 Å². The lowest BCUT2D eigenvalue weighted by molar-refractivity contribution is -0.187. The van der Waals surface area contributed by atoms with Crippen molar-refractivity contribution in [2.45, 2.75) is 99.8 Å². The van der Waals surface area contributed by atoms with E-state index >= 15 is 0 Å². The summed E-state index contributed by atoms with van der Waals surface area (Å²) in [6.07, 6.45) is 13.0. The predicted molar refractivity (Wildman–Crippen MR) is 166 cm³/mol. The Kier molecular flexibility index (Phi) is 6.65. The highest BCUT2D eigenvalue weighted by Crippen LogP contribution is 2.75. The lowest BCUT2D eigenvalue weighted by Crippen LogP contribution is -2.65. The van der Waals surface area contributed by atoms with Crippen LogP contribution in [-0.2, 0) is 14.3 Å².